The van der Waals surface area contributed by atoms with Crippen LogP contribution in [0.15, 0.2) is 50.8 Å². The number of rotatable bonds is 5. The third-order valence-electron chi connectivity index (χ3n) is 6.17. The lowest BCUT2D eigenvalue weighted by molar-refractivity contribution is 0.0697. The molecule has 3 aromatic rings. The number of nitrogen functional groups attached to an aromatic ring is 1. The highest BCUT2D eigenvalue weighted by molar-refractivity contribution is 8.00. The predicted octanol–water partition coefficient (Wildman–Crippen LogP) is 3.93. The number of hydrogen-bond acceptors (Lipinski definition) is 7. The highest BCUT2D eigenvalue weighted by Gasteiger charge is 2.33. The van der Waals surface area contributed by atoms with Crippen LogP contribution in [0.1, 0.15) is 53.8 Å². The lowest BCUT2D eigenvalue weighted by Gasteiger charge is -2.26. The Labute approximate surface area is 188 Å². The Bertz CT molecular complexity index is 1230. The fraction of sp³-hybridized carbons (Fsp3) is 0.348. The third kappa shape index (κ3) is 3.88. The van der Waals surface area contributed by atoms with Crippen molar-refractivity contribution in [2.45, 2.75) is 49.1 Å². The molecule has 0 unspecified atom stereocenters. The van der Waals surface area contributed by atoms with E-state index in [9.17, 15) is 14.7 Å². The highest BCUT2D eigenvalue weighted by Crippen LogP contribution is 2.39. The van der Waals surface area contributed by atoms with Gasteiger partial charge in [-0.05, 0) is 43.0 Å². The summed E-state index contributed by atoms with van der Waals surface area (Å²) in [6.07, 6.45) is 6.32. The number of anilines is 1. The highest BCUT2D eigenvalue weighted by atomic mass is 32.2. The summed E-state index contributed by atoms with van der Waals surface area (Å²) < 4.78 is 7.64. The summed E-state index contributed by atoms with van der Waals surface area (Å²) in [6, 6.07) is 10.1. The van der Waals surface area contributed by atoms with Crippen LogP contribution < -0.4 is 16.7 Å². The molecule has 2 aromatic heterocycles. The van der Waals surface area contributed by atoms with Gasteiger partial charge in [0.1, 0.15) is 17.3 Å². The molecule has 4 N–H and O–H groups in total. The second-order valence-electron chi connectivity index (χ2n) is 8.29. The number of thioether (sulfide) groups is 1. The smallest absolute Gasteiger partial charge is 0.335 e. The van der Waals surface area contributed by atoms with Crippen LogP contribution in [0.3, 0.4) is 0 Å². The van der Waals surface area contributed by atoms with E-state index in [1.807, 2.05) is 0 Å². The molecule has 0 radical (unpaired) electrons. The maximum atomic E-state index is 12.7. The quantitative estimate of drug-likeness (QED) is 0.498. The van der Waals surface area contributed by atoms with Crippen molar-refractivity contribution < 1.29 is 14.3 Å². The summed E-state index contributed by atoms with van der Waals surface area (Å²) in [5.41, 5.74) is 10.7. The number of nitrogens with two attached hydrogens (primary N) is 1. The van der Waals surface area contributed by atoms with E-state index in [0.717, 1.165) is 0 Å². The molecule has 1 atom stereocenters. The van der Waals surface area contributed by atoms with Gasteiger partial charge in [-0.3, -0.25) is 4.79 Å². The van der Waals surface area contributed by atoms with Crippen molar-refractivity contribution in [1.29, 1.82) is 0 Å². The Kier molecular flexibility index (Phi) is 5.42. The molecule has 5 rings (SSSR count). The van der Waals surface area contributed by atoms with E-state index in [4.69, 9.17) is 10.2 Å². The molecule has 0 spiro atoms. The molecule has 8 nitrogen and oxygen atoms in total. The van der Waals surface area contributed by atoms with Crippen molar-refractivity contribution >= 4 is 23.5 Å². The number of carboxylic acids is 1. The minimum absolute atomic E-state index is 0.177. The topological polar surface area (TPSA) is 123 Å². The van der Waals surface area contributed by atoms with Crippen molar-refractivity contribution in [2.24, 2.45) is 5.92 Å². The number of carbonyl (C=O) groups is 1. The number of aromatic carboxylic acids is 1. The maximum Gasteiger partial charge on any atom is 0.335 e. The van der Waals surface area contributed by atoms with E-state index < -0.39 is 5.97 Å². The number of nitrogens with zero attached hydrogens (tertiary/aromatic N) is 2. The third-order valence-corrected chi connectivity index (χ3v) is 7.40. The zero-order chi connectivity index (χ0) is 22.2. The number of furan rings is 1. The number of aromatic nitrogens is 2. The molecule has 0 saturated heterocycles. The molecular weight excluding hydrogens is 428 g/mol. The summed E-state index contributed by atoms with van der Waals surface area (Å²) in [5.74, 6) is 0.989. The summed E-state index contributed by atoms with van der Waals surface area (Å²) in [6.45, 7) is 0. The second kappa shape index (κ2) is 8.38. The normalized spacial score (nSPS) is 18.3. The van der Waals surface area contributed by atoms with Crippen LogP contribution in [-0.2, 0) is 6.42 Å². The van der Waals surface area contributed by atoms with E-state index in [1.165, 1.54) is 38.2 Å². The molecule has 32 heavy (non-hydrogen) atoms. The first-order valence-corrected chi connectivity index (χ1v) is 11.6. The van der Waals surface area contributed by atoms with E-state index in [0.29, 0.717) is 39.5 Å². The number of nitrogens with one attached hydrogen (secondary N) is 1. The van der Waals surface area contributed by atoms with Crippen LogP contribution in [0.2, 0.25) is 0 Å². The zero-order valence-electron chi connectivity index (χ0n) is 17.4. The van der Waals surface area contributed by atoms with Gasteiger partial charge < -0.3 is 20.7 Å². The second-order valence-corrected chi connectivity index (χ2v) is 9.40. The number of carboxylic acid groups (broad SMARTS) is 1. The number of fused-ring (bicyclic) bond motifs is 1. The molecular formula is C23H24N4O4S. The van der Waals surface area contributed by atoms with E-state index in [1.54, 1.807) is 46.8 Å². The van der Waals surface area contributed by atoms with Gasteiger partial charge in [0.05, 0.1) is 16.5 Å². The van der Waals surface area contributed by atoms with Crippen LogP contribution in [0, 0.1) is 5.92 Å². The van der Waals surface area contributed by atoms with Gasteiger partial charge >= 0.3 is 5.97 Å². The minimum atomic E-state index is -0.999. The molecule has 9 heteroatoms. The van der Waals surface area contributed by atoms with Gasteiger partial charge in [0.2, 0.25) is 0 Å². The summed E-state index contributed by atoms with van der Waals surface area (Å²) in [5, 5.41) is 9.99. The Morgan fingerprint density at radius 1 is 1.25 bits per heavy atom. The van der Waals surface area contributed by atoms with Crippen LogP contribution in [-0.4, -0.2) is 26.1 Å². The molecule has 2 aliphatic rings. The van der Waals surface area contributed by atoms with Gasteiger partial charge in [0, 0.05) is 12.0 Å². The molecule has 0 bridgehead atoms. The summed E-state index contributed by atoms with van der Waals surface area (Å²) in [4.78, 5) is 28.2. The Hall–Kier alpha value is -3.20. The standard InChI is InChI=1S/C23H24N4O4S/c24-19-17(12-16-9-10-18(31-16)14-7-4-8-15(11-14)22(29)30)20(28)25-23-27(19)26-21(32-23)13-5-2-1-3-6-13/h4,7-11,13,21,26H,1-3,5-6,12,24H2,(H,29,30)/t21-/m1/s1. The van der Waals surface area contributed by atoms with Crippen LogP contribution in [0.4, 0.5) is 5.82 Å². The van der Waals surface area contributed by atoms with E-state index in [2.05, 4.69) is 10.4 Å². The molecule has 0 amide bonds. The predicted molar refractivity (Wildman–Crippen MR) is 122 cm³/mol. The Morgan fingerprint density at radius 2 is 2.06 bits per heavy atom. The first-order chi connectivity index (χ1) is 15.5. The molecule has 1 fully saturated rings. The first-order valence-electron chi connectivity index (χ1n) is 10.8. The molecule has 1 saturated carbocycles. The number of benzene rings is 1. The van der Waals surface area contributed by atoms with Gasteiger partial charge in [-0.1, -0.05) is 43.2 Å². The van der Waals surface area contributed by atoms with Crippen LogP contribution in [0.5, 0.6) is 0 Å². The number of hydrogen-bond donors (Lipinski definition) is 3. The van der Waals surface area contributed by atoms with Gasteiger partial charge in [-0.15, -0.1) is 0 Å². The maximum absolute atomic E-state index is 12.7. The van der Waals surface area contributed by atoms with Gasteiger partial charge in [0.25, 0.3) is 5.56 Å². The average Bonchev–Trinajstić information content (AvgIpc) is 3.45. The van der Waals surface area contributed by atoms with E-state index >= 15 is 0 Å². The van der Waals surface area contributed by atoms with Gasteiger partial charge in [-0.25, -0.2) is 9.47 Å². The Morgan fingerprint density at radius 3 is 2.84 bits per heavy atom. The first kappa shape index (κ1) is 20.7. The average molecular weight is 453 g/mol. The van der Waals surface area contributed by atoms with Crippen molar-refractivity contribution in [3.8, 4) is 11.3 Å². The minimum Gasteiger partial charge on any atom is -0.478 e. The van der Waals surface area contributed by atoms with Gasteiger partial charge in [-0.2, -0.15) is 4.98 Å². The Balaban J connectivity index is 1.38. The molecule has 3 heterocycles. The largest absolute Gasteiger partial charge is 0.478 e. The summed E-state index contributed by atoms with van der Waals surface area (Å²) >= 11 is 1.58. The zero-order valence-corrected chi connectivity index (χ0v) is 18.2. The monoisotopic (exact) mass is 452 g/mol. The lowest BCUT2D eigenvalue weighted by Crippen LogP contribution is -2.31. The summed E-state index contributed by atoms with van der Waals surface area (Å²) in [7, 11) is 0. The molecule has 166 valence electrons. The fourth-order valence-electron chi connectivity index (χ4n) is 4.44. The molecule has 1 aliphatic carbocycles. The lowest BCUT2D eigenvalue weighted by atomic mass is 9.89. The molecule has 1 aliphatic heterocycles. The van der Waals surface area contributed by atoms with Crippen molar-refractivity contribution in [3.63, 3.8) is 0 Å². The van der Waals surface area contributed by atoms with Crippen molar-refractivity contribution in [1.82, 2.24) is 9.66 Å². The van der Waals surface area contributed by atoms with Crippen LogP contribution >= 0.6 is 11.8 Å². The molecule has 1 aromatic carbocycles. The fourth-order valence-corrected chi connectivity index (χ4v) is 5.68. The van der Waals surface area contributed by atoms with Crippen LogP contribution in [0.25, 0.3) is 11.3 Å². The van der Waals surface area contributed by atoms with Crippen molar-refractivity contribution in [3.05, 3.63) is 63.6 Å². The van der Waals surface area contributed by atoms with Gasteiger partial charge in [0.15, 0.2) is 5.16 Å². The van der Waals surface area contributed by atoms with Crippen molar-refractivity contribution in [2.75, 3.05) is 11.2 Å². The van der Waals surface area contributed by atoms with E-state index in [-0.39, 0.29) is 22.9 Å². The SMILES string of the molecule is Nc1c(Cc2ccc(-c3cccc(C(=O)O)c3)o2)c(=O)nc2n1N[C@@H](C1CCCCC1)S2.